The summed E-state index contributed by atoms with van der Waals surface area (Å²) in [5.74, 6) is 0.523. The van der Waals surface area contributed by atoms with Crippen LogP contribution in [0.5, 0.6) is 0 Å². The van der Waals surface area contributed by atoms with E-state index in [-0.39, 0.29) is 35.6 Å². The van der Waals surface area contributed by atoms with Crippen LogP contribution in [0.3, 0.4) is 0 Å². The summed E-state index contributed by atoms with van der Waals surface area (Å²) in [5, 5.41) is 1.65. The van der Waals surface area contributed by atoms with E-state index in [0.717, 1.165) is 6.42 Å². The minimum absolute atomic E-state index is 0. The monoisotopic (exact) mass is 694 g/mol. The van der Waals surface area contributed by atoms with Gasteiger partial charge in [-0.15, -0.1) is 24.8 Å². The van der Waals surface area contributed by atoms with Crippen LogP contribution in [-0.2, 0) is 38.5 Å². The molecule has 0 bridgehead atoms. The fraction of sp³-hybridized carbons (Fsp3) is 0.395. The third kappa shape index (κ3) is 6.68. The van der Waals surface area contributed by atoms with E-state index >= 15 is 0 Å². The quantitative estimate of drug-likeness (QED) is 0.186. The molecule has 1 unspecified atom stereocenters. The molecule has 0 aliphatic heterocycles. The summed E-state index contributed by atoms with van der Waals surface area (Å²) >= 11 is -2.58. The molecule has 5 rings (SSSR count). The Labute approximate surface area is 277 Å². The molecule has 0 saturated heterocycles. The van der Waals surface area contributed by atoms with Crippen LogP contribution in [-0.4, -0.2) is 11.3 Å². The molecule has 0 fully saturated rings. The van der Waals surface area contributed by atoms with Gasteiger partial charge in [0.15, 0.2) is 0 Å². The first-order chi connectivity index (χ1) is 18.6. The summed E-state index contributed by atoms with van der Waals surface area (Å²) in [7, 11) is -1.41. The summed E-state index contributed by atoms with van der Waals surface area (Å²) in [6, 6.07) is 23.6. The molecular weight excluding hydrogens is 647 g/mol. The molecule has 2 aliphatic rings. The van der Waals surface area contributed by atoms with Crippen molar-refractivity contribution in [1.82, 2.24) is 0 Å². The topological polar surface area (TPSA) is 0 Å². The molecule has 1 atom stereocenters. The first-order valence-corrected chi connectivity index (χ1v) is 22.3. The maximum Gasteiger partial charge on any atom is -0.147 e. The SMILES string of the molecule is C/[C](c1ccccc1)=[Zr](\[C]1=CC([Si](C)(C)C)=CC1C)[c]1c(C(C)(C)C)ccc2c1Cc1cc(C(C)(C)C)ccc1-2.Cl.Cl. The maximum atomic E-state index is 2.70. The van der Waals surface area contributed by atoms with Crippen molar-refractivity contribution in [1.29, 1.82) is 0 Å². The van der Waals surface area contributed by atoms with E-state index in [9.17, 15) is 0 Å². The number of hydrogen-bond acceptors (Lipinski definition) is 0. The van der Waals surface area contributed by atoms with Gasteiger partial charge in [0, 0.05) is 0 Å². The predicted molar refractivity (Wildman–Crippen MR) is 191 cm³/mol. The van der Waals surface area contributed by atoms with Crippen LogP contribution in [0.4, 0.5) is 0 Å². The molecule has 3 aromatic rings. The van der Waals surface area contributed by atoms with Crippen molar-refractivity contribution in [2.45, 2.75) is 92.3 Å². The van der Waals surface area contributed by atoms with E-state index in [2.05, 4.69) is 148 Å². The molecule has 0 nitrogen and oxygen atoms in total. The van der Waals surface area contributed by atoms with E-state index in [1.54, 1.807) is 26.1 Å². The number of fused-ring (bicyclic) bond motifs is 3. The molecule has 0 radical (unpaired) electrons. The summed E-state index contributed by atoms with van der Waals surface area (Å²) in [6.45, 7) is 26.8. The van der Waals surface area contributed by atoms with Gasteiger partial charge in [-0.2, -0.15) is 0 Å². The fourth-order valence-corrected chi connectivity index (χ4v) is 17.2. The van der Waals surface area contributed by atoms with Crippen LogP contribution >= 0.6 is 24.8 Å². The number of hydrogen-bond donors (Lipinski definition) is 0. The van der Waals surface area contributed by atoms with E-state index in [4.69, 9.17) is 0 Å². The Balaban J connectivity index is 0.00000242. The maximum absolute atomic E-state index is 2.70. The van der Waals surface area contributed by atoms with Crippen molar-refractivity contribution < 1.29 is 21.3 Å². The number of rotatable bonds is 4. The van der Waals surface area contributed by atoms with Crippen LogP contribution in [0.15, 0.2) is 81.3 Å². The molecule has 0 saturated carbocycles. The van der Waals surface area contributed by atoms with Crippen LogP contribution in [0.2, 0.25) is 19.6 Å². The van der Waals surface area contributed by atoms with Crippen molar-refractivity contribution in [2.24, 2.45) is 5.92 Å². The molecule has 0 heterocycles. The molecular formula is C38H50Cl2SiZr. The van der Waals surface area contributed by atoms with Crippen LogP contribution in [0.1, 0.15) is 83.2 Å². The minimum Gasteiger partial charge on any atom is -0.147 e. The van der Waals surface area contributed by atoms with Crippen LogP contribution in [0, 0.1) is 5.92 Å². The van der Waals surface area contributed by atoms with E-state index < -0.39 is 29.3 Å². The second-order valence-corrected chi connectivity index (χ2v) is 26.6. The molecule has 0 N–H and O–H groups in total. The van der Waals surface area contributed by atoms with Gasteiger partial charge in [-0.3, -0.25) is 0 Å². The standard InChI is InChI=1S/C21H25.C9H15Si.C8H8.2ClH.Zr/c1-20(2,3)16-7-9-18-14(12-16)11-15-13-17(21(4,5)6)8-10-19(15)18;1-8-5-6-9(7-8)10(2,3)4;1-2-8-6-4-3-5-7-8;;;/h7-10,12H,11H2,1-6H3;6-8H,1-4H3;3-7H,1H3;2*1H;. The normalized spacial score (nSPS) is 16.9. The zero-order valence-electron chi connectivity index (χ0n) is 27.5. The smallest absolute Gasteiger partial charge is 0.147 e. The van der Waals surface area contributed by atoms with Crippen molar-refractivity contribution >= 4 is 39.4 Å². The summed E-state index contributed by atoms with van der Waals surface area (Å²) in [4.78, 5) is 0. The molecule has 4 heteroatoms. The van der Waals surface area contributed by atoms with E-state index in [0.29, 0.717) is 5.92 Å². The number of benzene rings is 3. The van der Waals surface area contributed by atoms with E-state index in [1.165, 1.54) is 27.8 Å². The first kappa shape index (κ1) is 35.2. The molecule has 0 aromatic heterocycles. The van der Waals surface area contributed by atoms with Gasteiger partial charge in [0.25, 0.3) is 0 Å². The average molecular weight is 697 g/mol. The van der Waals surface area contributed by atoms with Crippen LogP contribution in [0.25, 0.3) is 11.1 Å². The minimum atomic E-state index is -2.58. The zero-order valence-corrected chi connectivity index (χ0v) is 32.6. The Bertz CT molecular complexity index is 1570. The predicted octanol–water partition coefficient (Wildman–Crippen LogP) is 10.5. The van der Waals surface area contributed by atoms with Gasteiger partial charge in [0.2, 0.25) is 0 Å². The largest absolute Gasteiger partial charge is 0.147 e. The van der Waals surface area contributed by atoms with Crippen molar-refractivity contribution in [3.63, 3.8) is 0 Å². The summed E-state index contributed by atoms with van der Waals surface area (Å²) in [6.07, 6.45) is 6.39. The fourth-order valence-electron chi connectivity index (χ4n) is 6.51. The van der Waals surface area contributed by atoms with Gasteiger partial charge in [-0.25, -0.2) is 0 Å². The second-order valence-electron chi connectivity index (χ2n) is 15.2. The average Bonchev–Trinajstić information content (AvgIpc) is 3.44. The molecule has 0 spiro atoms. The van der Waals surface area contributed by atoms with Gasteiger partial charge >= 0.3 is 254 Å². The molecule has 2 aliphatic carbocycles. The van der Waals surface area contributed by atoms with Gasteiger partial charge in [-0.05, 0) is 0 Å². The van der Waals surface area contributed by atoms with E-state index in [1.807, 2.05) is 0 Å². The molecule has 42 heavy (non-hydrogen) atoms. The Hall–Kier alpha value is -1.31. The summed E-state index contributed by atoms with van der Waals surface area (Å²) in [5.41, 5.74) is 10.8. The Morgan fingerprint density at radius 1 is 0.810 bits per heavy atom. The number of halogens is 2. The second kappa shape index (κ2) is 12.6. The molecule has 3 aromatic carbocycles. The van der Waals surface area contributed by atoms with Crippen molar-refractivity contribution in [2.75, 3.05) is 0 Å². The Kier molecular flexibility index (Phi) is 10.5. The Morgan fingerprint density at radius 3 is 1.98 bits per heavy atom. The third-order valence-corrected chi connectivity index (χ3v) is 19.1. The van der Waals surface area contributed by atoms with Gasteiger partial charge in [0.05, 0.1) is 0 Å². The molecule has 224 valence electrons. The first-order valence-electron chi connectivity index (χ1n) is 15.1. The van der Waals surface area contributed by atoms with Gasteiger partial charge in [0.1, 0.15) is 0 Å². The van der Waals surface area contributed by atoms with Gasteiger partial charge < -0.3 is 0 Å². The van der Waals surface area contributed by atoms with Crippen molar-refractivity contribution in [3.8, 4) is 11.1 Å². The number of allylic oxidation sites excluding steroid dienone is 4. The third-order valence-electron chi connectivity index (χ3n) is 8.97. The van der Waals surface area contributed by atoms with Crippen LogP contribution < -0.4 is 3.27 Å². The van der Waals surface area contributed by atoms with Gasteiger partial charge in [-0.1, -0.05) is 0 Å². The Morgan fingerprint density at radius 2 is 1.43 bits per heavy atom. The van der Waals surface area contributed by atoms with Crippen molar-refractivity contribution in [3.05, 3.63) is 109 Å². The zero-order chi connectivity index (χ0) is 29.2. The summed E-state index contributed by atoms with van der Waals surface area (Å²) < 4.78 is 5.19. The molecule has 0 amide bonds.